The van der Waals surface area contributed by atoms with E-state index in [1.54, 1.807) is 18.2 Å². The molecule has 2 rings (SSSR count). The summed E-state index contributed by atoms with van der Waals surface area (Å²) in [5.41, 5.74) is 0. The maximum atomic E-state index is 8.60. The molecule has 0 aromatic heterocycles. The molecule has 0 aliphatic rings. The highest BCUT2D eigenvalue weighted by Crippen LogP contribution is 2.02. The molecule has 0 bridgehead atoms. The lowest BCUT2D eigenvalue weighted by atomic mass is 10.3. The van der Waals surface area contributed by atoms with Crippen LogP contribution in [-0.4, -0.2) is 5.11 Å². The molecule has 0 aliphatic carbocycles. The maximum Gasteiger partial charge on any atom is 0.116 e. The molecule has 64 valence electrons. The minimum Gasteiger partial charge on any atom is -0.508 e. The van der Waals surface area contributed by atoms with Gasteiger partial charge in [0.1, 0.15) is 5.75 Å². The molecule has 0 fully saturated rings. The van der Waals surface area contributed by atoms with E-state index >= 15 is 0 Å². The summed E-state index contributed by atoms with van der Waals surface area (Å²) in [6, 6.07) is 21.8. The molecule has 1 N–H and O–H groups in total. The topological polar surface area (TPSA) is 20.2 Å². The van der Waals surface area contributed by atoms with Gasteiger partial charge in [0.15, 0.2) is 0 Å². The lowest BCUT2D eigenvalue weighted by Gasteiger charge is -1.81. The minimum absolute atomic E-state index is 0.266. The molecule has 0 unspecified atom stereocenters. The number of hydrogen-bond donors (Lipinski definition) is 1. The molecule has 0 saturated carbocycles. The Morgan fingerprint density at radius 3 is 1.77 bits per heavy atom. The van der Waals surface area contributed by atoms with Crippen LogP contribution in [0, 0.1) is 12.1 Å². The Labute approximate surface area is 78.3 Å². The van der Waals surface area contributed by atoms with E-state index in [2.05, 4.69) is 12.1 Å². The van der Waals surface area contributed by atoms with Crippen molar-refractivity contribution in [2.45, 2.75) is 0 Å². The first-order valence-corrected chi connectivity index (χ1v) is 3.96. The molecule has 0 amide bonds. The summed E-state index contributed by atoms with van der Waals surface area (Å²) in [6.45, 7) is 0. The first kappa shape index (κ1) is 9.33. The molecule has 0 aliphatic heterocycles. The van der Waals surface area contributed by atoms with E-state index in [9.17, 15) is 0 Å². The zero-order valence-corrected chi connectivity index (χ0v) is 7.14. The second kappa shape index (κ2) is 5.84. The molecule has 0 heterocycles. The predicted molar refractivity (Wildman–Crippen MR) is 52.2 cm³/mol. The largest absolute Gasteiger partial charge is 0.508 e. The number of rotatable bonds is 0. The number of benzene rings is 2. The second-order valence-electron chi connectivity index (χ2n) is 2.34. The highest BCUT2D eigenvalue weighted by Gasteiger charge is 1.75. The normalized spacial score (nSPS) is 8.31. The summed E-state index contributed by atoms with van der Waals surface area (Å²) in [7, 11) is 0. The maximum absolute atomic E-state index is 8.60. The van der Waals surface area contributed by atoms with E-state index in [0.717, 1.165) is 0 Å². The summed E-state index contributed by atoms with van der Waals surface area (Å²) in [6.07, 6.45) is 0. The van der Waals surface area contributed by atoms with Crippen molar-refractivity contribution in [1.82, 2.24) is 0 Å². The molecule has 0 saturated heterocycles. The van der Waals surface area contributed by atoms with Crippen LogP contribution >= 0.6 is 0 Å². The van der Waals surface area contributed by atoms with Crippen molar-refractivity contribution in [2.75, 3.05) is 0 Å². The van der Waals surface area contributed by atoms with Gasteiger partial charge in [0.05, 0.1) is 0 Å². The summed E-state index contributed by atoms with van der Waals surface area (Å²) in [5.74, 6) is 0.266. The number of hydrogen-bond acceptors (Lipinski definition) is 1. The van der Waals surface area contributed by atoms with Crippen molar-refractivity contribution in [3.8, 4) is 5.75 Å². The summed E-state index contributed by atoms with van der Waals surface area (Å²) in [4.78, 5) is 0. The van der Waals surface area contributed by atoms with Crippen LogP contribution in [0.25, 0.3) is 0 Å². The average molecular weight is 170 g/mol. The van der Waals surface area contributed by atoms with Crippen LogP contribution in [-0.2, 0) is 0 Å². The molecule has 0 atom stereocenters. The van der Waals surface area contributed by atoms with Crippen molar-refractivity contribution in [3.05, 3.63) is 66.7 Å². The Bertz CT molecular complexity index is 276. The fourth-order valence-electron chi connectivity index (χ4n) is 0.726. The molecular formula is C12H10O. The third-order valence-electron chi connectivity index (χ3n) is 1.30. The monoisotopic (exact) mass is 170 g/mol. The third kappa shape index (κ3) is 4.64. The summed E-state index contributed by atoms with van der Waals surface area (Å²) >= 11 is 0. The number of phenolic OH excluding ortho intramolecular Hbond substituents is 1. The lowest BCUT2D eigenvalue weighted by molar-refractivity contribution is 0.475. The number of phenols is 1. The Morgan fingerprint density at radius 1 is 0.846 bits per heavy atom. The smallest absolute Gasteiger partial charge is 0.116 e. The van der Waals surface area contributed by atoms with Crippen LogP contribution in [0.1, 0.15) is 0 Å². The first-order chi connectivity index (χ1) is 6.39. The van der Waals surface area contributed by atoms with Gasteiger partial charge in [-0.2, -0.15) is 0 Å². The van der Waals surface area contributed by atoms with Gasteiger partial charge in [0, 0.05) is 0 Å². The molecule has 2 aromatic rings. The van der Waals surface area contributed by atoms with Gasteiger partial charge < -0.3 is 5.11 Å². The van der Waals surface area contributed by atoms with Gasteiger partial charge >= 0.3 is 0 Å². The lowest BCUT2D eigenvalue weighted by Crippen LogP contribution is -1.57. The van der Waals surface area contributed by atoms with Crippen LogP contribution in [0.2, 0.25) is 0 Å². The van der Waals surface area contributed by atoms with Crippen LogP contribution < -0.4 is 0 Å². The van der Waals surface area contributed by atoms with Gasteiger partial charge in [-0.15, -0.1) is 0 Å². The highest BCUT2D eigenvalue weighted by atomic mass is 16.3. The van der Waals surface area contributed by atoms with E-state index in [0.29, 0.717) is 0 Å². The Hall–Kier alpha value is -1.76. The van der Waals surface area contributed by atoms with Gasteiger partial charge in [0.25, 0.3) is 0 Å². The summed E-state index contributed by atoms with van der Waals surface area (Å²) in [5, 5.41) is 8.60. The van der Waals surface area contributed by atoms with Crippen LogP contribution in [0.15, 0.2) is 54.6 Å². The van der Waals surface area contributed by atoms with Crippen molar-refractivity contribution >= 4 is 0 Å². The van der Waals surface area contributed by atoms with Gasteiger partial charge in [-0.3, -0.25) is 0 Å². The van der Waals surface area contributed by atoms with E-state index in [4.69, 9.17) is 5.11 Å². The van der Waals surface area contributed by atoms with Crippen LogP contribution in [0.5, 0.6) is 5.75 Å². The van der Waals surface area contributed by atoms with Crippen LogP contribution in [0.3, 0.4) is 0 Å². The SMILES string of the molecule is Oc1c[c]ccc1.[c]1ccccc1. The van der Waals surface area contributed by atoms with Gasteiger partial charge in [0.2, 0.25) is 0 Å². The van der Waals surface area contributed by atoms with Gasteiger partial charge in [-0.25, -0.2) is 0 Å². The standard InChI is InChI=1S/C6H5O.C6H5/c7-6-4-2-1-3-5-6;1-2-4-6-5-3-1/h1-2,4-5,7H;1-5H. The van der Waals surface area contributed by atoms with E-state index in [-0.39, 0.29) is 5.75 Å². The van der Waals surface area contributed by atoms with Crippen molar-refractivity contribution in [3.63, 3.8) is 0 Å². The number of aromatic hydroxyl groups is 1. The Balaban J connectivity index is 0.000000132. The Kier molecular flexibility index (Phi) is 4.19. The fraction of sp³-hybridized carbons (Fsp3) is 0. The van der Waals surface area contributed by atoms with E-state index in [1.807, 2.05) is 30.3 Å². The predicted octanol–water partition coefficient (Wildman–Crippen LogP) is 2.68. The molecular weight excluding hydrogens is 160 g/mol. The zero-order chi connectivity index (χ0) is 9.36. The molecule has 2 radical (unpaired) electrons. The van der Waals surface area contributed by atoms with Crippen LogP contribution in [0.4, 0.5) is 0 Å². The second-order valence-corrected chi connectivity index (χ2v) is 2.34. The van der Waals surface area contributed by atoms with Crippen molar-refractivity contribution < 1.29 is 5.11 Å². The third-order valence-corrected chi connectivity index (χ3v) is 1.30. The Morgan fingerprint density at radius 2 is 1.54 bits per heavy atom. The van der Waals surface area contributed by atoms with Crippen molar-refractivity contribution in [1.29, 1.82) is 0 Å². The van der Waals surface area contributed by atoms with E-state index < -0.39 is 0 Å². The fourth-order valence-corrected chi connectivity index (χ4v) is 0.726. The zero-order valence-electron chi connectivity index (χ0n) is 7.14. The molecule has 13 heavy (non-hydrogen) atoms. The molecule has 1 nitrogen and oxygen atoms in total. The molecule has 0 spiro atoms. The molecule has 2 aromatic carbocycles. The average Bonchev–Trinajstić information content (AvgIpc) is 2.22. The molecule has 1 heteroatoms. The quantitative estimate of drug-likeness (QED) is 0.644. The highest BCUT2D eigenvalue weighted by molar-refractivity contribution is 5.17. The van der Waals surface area contributed by atoms with Gasteiger partial charge in [-0.05, 0) is 24.3 Å². The van der Waals surface area contributed by atoms with Crippen molar-refractivity contribution in [2.24, 2.45) is 0 Å². The summed E-state index contributed by atoms with van der Waals surface area (Å²) < 4.78 is 0. The van der Waals surface area contributed by atoms with E-state index in [1.165, 1.54) is 6.07 Å². The first-order valence-electron chi connectivity index (χ1n) is 3.96. The minimum atomic E-state index is 0.266. The van der Waals surface area contributed by atoms with Gasteiger partial charge in [-0.1, -0.05) is 42.5 Å².